The molecule has 0 heterocycles. The molecular weight excluding hydrogens is 817 g/mol. The van der Waals surface area contributed by atoms with Crippen molar-refractivity contribution < 1.29 is 0 Å². The van der Waals surface area contributed by atoms with Gasteiger partial charge in [-0.25, -0.2) is 0 Å². The largest absolute Gasteiger partial charge is 0.0845 e. The molecule has 0 aliphatic heterocycles. The zero-order valence-corrected chi connectivity index (χ0v) is 43.9. The zero-order valence-electron chi connectivity index (χ0n) is 43.9. The summed E-state index contributed by atoms with van der Waals surface area (Å²) in [7, 11) is 0. The minimum absolute atomic E-state index is 0.268. The fraction of sp³-hybridized carbons (Fsp3) is 0.412. The first kappa shape index (κ1) is 50.7. The van der Waals surface area contributed by atoms with Gasteiger partial charge in [-0.3, -0.25) is 0 Å². The molecule has 6 aromatic carbocycles. The summed E-state index contributed by atoms with van der Waals surface area (Å²) >= 11 is 0. The maximum atomic E-state index is 2.61. The number of hydrogen-bond acceptors (Lipinski definition) is 0. The molecule has 68 heavy (non-hydrogen) atoms. The van der Waals surface area contributed by atoms with Crippen molar-refractivity contribution in [1.29, 1.82) is 0 Å². The van der Waals surface area contributed by atoms with E-state index in [4.69, 9.17) is 0 Å². The van der Waals surface area contributed by atoms with E-state index in [-0.39, 0.29) is 10.8 Å². The Balaban J connectivity index is 1.25. The first-order chi connectivity index (χ1) is 32.8. The molecule has 8 unspecified atom stereocenters. The third-order valence-electron chi connectivity index (χ3n) is 16.4. The van der Waals surface area contributed by atoms with Gasteiger partial charge in [0.05, 0.1) is 0 Å². The van der Waals surface area contributed by atoms with E-state index in [1.54, 1.807) is 5.57 Å². The monoisotopic (exact) mass is 901 g/mol. The minimum atomic E-state index is -0.268. The van der Waals surface area contributed by atoms with Crippen LogP contribution < -0.4 is 0 Å². The Bertz CT molecular complexity index is 2480. The lowest BCUT2D eigenvalue weighted by atomic mass is 9.49. The van der Waals surface area contributed by atoms with Crippen molar-refractivity contribution in [3.63, 3.8) is 0 Å². The molecule has 0 spiro atoms. The molecule has 0 saturated carbocycles. The predicted molar refractivity (Wildman–Crippen MR) is 295 cm³/mol. The van der Waals surface area contributed by atoms with Crippen LogP contribution in [0.15, 0.2) is 169 Å². The number of benzene rings is 6. The van der Waals surface area contributed by atoms with Crippen LogP contribution in [0.5, 0.6) is 0 Å². The summed E-state index contributed by atoms with van der Waals surface area (Å²) in [4.78, 5) is 0. The van der Waals surface area contributed by atoms with E-state index in [0.29, 0.717) is 35.5 Å². The minimum Gasteiger partial charge on any atom is -0.0845 e. The quantitative estimate of drug-likeness (QED) is 0.0675. The average molecular weight is 901 g/mol. The van der Waals surface area contributed by atoms with E-state index in [9.17, 15) is 0 Å². The van der Waals surface area contributed by atoms with Crippen LogP contribution in [0.4, 0.5) is 0 Å². The molecule has 0 fully saturated rings. The van der Waals surface area contributed by atoms with E-state index in [2.05, 4.69) is 240 Å². The van der Waals surface area contributed by atoms with Crippen LogP contribution in [0.1, 0.15) is 185 Å². The summed E-state index contributed by atoms with van der Waals surface area (Å²) in [5.74, 6) is 3.00. The number of hydrogen-bond donors (Lipinski definition) is 0. The van der Waals surface area contributed by atoms with Crippen molar-refractivity contribution in [1.82, 2.24) is 0 Å². The highest BCUT2D eigenvalue weighted by Gasteiger charge is 2.53. The fourth-order valence-corrected chi connectivity index (χ4v) is 11.6. The highest BCUT2D eigenvalue weighted by Crippen LogP contribution is 2.60. The van der Waals surface area contributed by atoms with Gasteiger partial charge in [0.25, 0.3) is 0 Å². The number of allylic oxidation sites excluding steroid dienone is 4. The Morgan fingerprint density at radius 1 is 0.412 bits per heavy atom. The van der Waals surface area contributed by atoms with Crippen LogP contribution in [0, 0.1) is 51.4 Å². The van der Waals surface area contributed by atoms with Gasteiger partial charge in [0, 0.05) is 22.7 Å². The van der Waals surface area contributed by atoms with Crippen molar-refractivity contribution >= 4 is 0 Å². The zero-order chi connectivity index (χ0) is 48.4. The van der Waals surface area contributed by atoms with E-state index in [1.807, 2.05) is 0 Å². The van der Waals surface area contributed by atoms with E-state index in [0.717, 1.165) is 51.4 Å². The lowest BCUT2D eigenvalue weighted by molar-refractivity contribution is 0.329. The third-order valence-corrected chi connectivity index (χ3v) is 16.4. The van der Waals surface area contributed by atoms with Gasteiger partial charge < -0.3 is 0 Å². The average Bonchev–Trinajstić information content (AvgIpc) is 3.35. The van der Waals surface area contributed by atoms with Crippen LogP contribution >= 0.6 is 0 Å². The standard InChI is InChI=1S/C68H84/c1-12-48(4)42-64(56-34-26-51(7)27-35-56)58-21-18-22-59(44-58)65(57-36-28-52(8)29-37-57)43-55(11)20-16-15-17-25-66-67(46-49(5)13-2,60-38-30-53(9)31-39-60)62-23-19-24-63(45-62)68(66,47-50(6)14-3)61-40-32-54(10)33-41-61/h15,17-19,21-41,44-45,48-50,55,64-65H,12-14,16,20,42-43,46-47H2,1-11H3. The second-order valence-corrected chi connectivity index (χ2v) is 21.8. The number of fused-ring (bicyclic) bond motifs is 2. The van der Waals surface area contributed by atoms with Crippen LogP contribution in [0.3, 0.4) is 0 Å². The summed E-state index contributed by atoms with van der Waals surface area (Å²) in [6.45, 7) is 25.8. The van der Waals surface area contributed by atoms with Gasteiger partial charge in [-0.2, -0.15) is 0 Å². The topological polar surface area (TPSA) is 0 Å². The fourth-order valence-electron chi connectivity index (χ4n) is 11.6. The van der Waals surface area contributed by atoms with Crippen molar-refractivity contribution in [2.75, 3.05) is 0 Å². The summed E-state index contributed by atoms with van der Waals surface area (Å²) in [5.41, 5.74) is 17.8. The molecule has 6 aromatic rings. The first-order valence-corrected chi connectivity index (χ1v) is 26.7. The van der Waals surface area contributed by atoms with Gasteiger partial charge in [0.1, 0.15) is 0 Å². The van der Waals surface area contributed by atoms with Crippen molar-refractivity contribution in [3.05, 3.63) is 236 Å². The number of rotatable bonds is 21. The molecule has 0 amide bonds. The molecule has 7 rings (SSSR count). The van der Waals surface area contributed by atoms with Crippen LogP contribution in [-0.2, 0) is 10.8 Å². The Kier molecular flexibility index (Phi) is 17.1. The van der Waals surface area contributed by atoms with E-state index < -0.39 is 0 Å². The Labute approximate surface area is 414 Å². The van der Waals surface area contributed by atoms with Gasteiger partial charge in [-0.15, -0.1) is 0 Å². The van der Waals surface area contributed by atoms with Gasteiger partial charge >= 0.3 is 0 Å². The Hall–Kier alpha value is -5.20. The highest BCUT2D eigenvalue weighted by atomic mass is 14.6. The molecule has 1 aliphatic carbocycles. The normalized spacial score (nSPS) is 19.6. The molecule has 8 atom stereocenters. The van der Waals surface area contributed by atoms with Gasteiger partial charge in [-0.1, -0.05) is 254 Å². The lowest BCUT2D eigenvalue weighted by Gasteiger charge is -2.53. The van der Waals surface area contributed by atoms with E-state index in [1.165, 1.54) is 73.2 Å². The summed E-state index contributed by atoms with van der Waals surface area (Å²) in [6, 6.07) is 57.4. The summed E-state index contributed by atoms with van der Waals surface area (Å²) in [5, 5.41) is 0. The third kappa shape index (κ3) is 11.3. The van der Waals surface area contributed by atoms with Crippen LogP contribution in [-0.4, -0.2) is 0 Å². The van der Waals surface area contributed by atoms with Crippen LogP contribution in [0.25, 0.3) is 0 Å². The second-order valence-electron chi connectivity index (χ2n) is 21.8. The van der Waals surface area contributed by atoms with Gasteiger partial charge in [0.2, 0.25) is 0 Å². The summed E-state index contributed by atoms with van der Waals surface area (Å²) < 4.78 is 0. The lowest BCUT2D eigenvalue weighted by Crippen LogP contribution is -2.47. The smallest absolute Gasteiger partial charge is 0.0428 e. The molecule has 0 nitrogen and oxygen atoms in total. The summed E-state index contributed by atoms with van der Waals surface area (Å²) in [6.07, 6.45) is 17.7. The SMILES string of the molecule is CCC(C)CC(c1ccc(C)cc1)c1cccc(C(CC(C)CCC=CC=C2C(CC(C)CC)(c3ccc(C)cc3)c3cccc(c3)C2(CC(C)CC)c2ccc(C)cc2)c2ccc(C)cc2)c1. The molecule has 0 heteroatoms. The molecule has 0 aromatic heterocycles. The maximum Gasteiger partial charge on any atom is 0.0428 e. The van der Waals surface area contributed by atoms with Crippen molar-refractivity contribution in [2.24, 2.45) is 23.7 Å². The molecule has 1 aliphatic rings. The van der Waals surface area contributed by atoms with Crippen molar-refractivity contribution in [3.8, 4) is 0 Å². The Morgan fingerprint density at radius 3 is 1.24 bits per heavy atom. The predicted octanol–water partition coefficient (Wildman–Crippen LogP) is 19.1. The second kappa shape index (κ2) is 22.9. The van der Waals surface area contributed by atoms with Crippen molar-refractivity contribution in [2.45, 2.75) is 157 Å². The van der Waals surface area contributed by atoms with E-state index >= 15 is 0 Å². The number of aryl methyl sites for hydroxylation is 4. The molecule has 0 N–H and O–H groups in total. The molecular formula is C68H84. The Morgan fingerprint density at radius 2 is 0.809 bits per heavy atom. The maximum absolute atomic E-state index is 2.61. The molecule has 0 radical (unpaired) electrons. The molecule has 2 bridgehead atoms. The molecule has 0 saturated heterocycles. The van der Waals surface area contributed by atoms with Gasteiger partial charge in [-0.05, 0) is 140 Å². The van der Waals surface area contributed by atoms with Gasteiger partial charge in [0.15, 0.2) is 0 Å². The first-order valence-electron chi connectivity index (χ1n) is 26.7. The molecule has 356 valence electrons. The highest BCUT2D eigenvalue weighted by molar-refractivity contribution is 5.65. The van der Waals surface area contributed by atoms with Crippen LogP contribution in [0.2, 0.25) is 0 Å².